The summed E-state index contributed by atoms with van der Waals surface area (Å²) in [5.41, 5.74) is 0.402. The van der Waals surface area contributed by atoms with Gasteiger partial charge in [0, 0.05) is 0 Å². The molecule has 54 valence electrons. The second kappa shape index (κ2) is 1.98. The Morgan fingerprint density at radius 3 is 2.00 bits per heavy atom. The Morgan fingerprint density at radius 2 is 1.89 bits per heavy atom. The Hall–Kier alpha value is -0.0400. The molecule has 0 radical (unpaired) electrons. The Labute approximate surface area is 57.4 Å². The summed E-state index contributed by atoms with van der Waals surface area (Å²) in [4.78, 5) is 0. The third-order valence-electron chi connectivity index (χ3n) is 2.39. The van der Waals surface area contributed by atoms with E-state index in [1.54, 1.807) is 0 Å². The van der Waals surface area contributed by atoms with Crippen molar-refractivity contribution >= 4 is 0 Å². The monoisotopic (exact) mass is 128 g/mol. The Morgan fingerprint density at radius 1 is 1.44 bits per heavy atom. The van der Waals surface area contributed by atoms with E-state index in [0.29, 0.717) is 17.6 Å². The predicted octanol–water partition coefficient (Wildman–Crippen LogP) is 2.21. The molecule has 1 heteroatoms. The minimum absolute atomic E-state index is 0.402. The quantitative estimate of drug-likeness (QED) is 0.519. The molecule has 2 atom stereocenters. The van der Waals surface area contributed by atoms with E-state index in [-0.39, 0.29) is 0 Å². The van der Waals surface area contributed by atoms with Crippen LogP contribution in [0.2, 0.25) is 0 Å². The van der Waals surface area contributed by atoms with E-state index in [2.05, 4.69) is 27.7 Å². The van der Waals surface area contributed by atoms with Gasteiger partial charge in [-0.25, -0.2) is 0 Å². The van der Waals surface area contributed by atoms with Crippen molar-refractivity contribution in [3.8, 4) is 0 Å². The lowest BCUT2D eigenvalue weighted by Crippen LogP contribution is -2.18. The summed E-state index contributed by atoms with van der Waals surface area (Å²) in [5, 5.41) is 0. The lowest BCUT2D eigenvalue weighted by Gasteiger charge is -2.18. The molecule has 0 aliphatic carbocycles. The number of epoxide rings is 1. The zero-order chi connectivity index (χ0) is 7.07. The molecule has 2 unspecified atom stereocenters. The van der Waals surface area contributed by atoms with Gasteiger partial charge >= 0.3 is 0 Å². The first-order chi connectivity index (χ1) is 4.08. The lowest BCUT2D eigenvalue weighted by atomic mass is 9.85. The van der Waals surface area contributed by atoms with Crippen molar-refractivity contribution in [1.29, 1.82) is 0 Å². The first-order valence-corrected chi connectivity index (χ1v) is 3.73. The molecule has 1 heterocycles. The fourth-order valence-corrected chi connectivity index (χ4v) is 1.21. The van der Waals surface area contributed by atoms with Gasteiger partial charge in [-0.15, -0.1) is 0 Å². The van der Waals surface area contributed by atoms with Gasteiger partial charge in [-0.1, -0.05) is 20.8 Å². The summed E-state index contributed by atoms with van der Waals surface area (Å²) < 4.78 is 5.37. The molecule has 0 spiro atoms. The summed E-state index contributed by atoms with van der Waals surface area (Å²) in [6.45, 7) is 8.89. The number of hydrogen-bond donors (Lipinski definition) is 0. The lowest BCUT2D eigenvalue weighted by molar-refractivity contribution is 0.233. The van der Waals surface area contributed by atoms with Crippen molar-refractivity contribution in [1.82, 2.24) is 0 Å². The van der Waals surface area contributed by atoms with Crippen molar-refractivity contribution in [2.24, 2.45) is 5.41 Å². The van der Waals surface area contributed by atoms with Gasteiger partial charge in [0.1, 0.15) is 0 Å². The van der Waals surface area contributed by atoms with Gasteiger partial charge in [0.05, 0.1) is 12.2 Å². The van der Waals surface area contributed by atoms with Crippen LogP contribution in [-0.4, -0.2) is 12.2 Å². The molecule has 0 aromatic rings. The Balaban J connectivity index is 2.41. The molecule has 1 rings (SSSR count). The average Bonchev–Trinajstić information content (AvgIpc) is 2.47. The first kappa shape index (κ1) is 7.07. The van der Waals surface area contributed by atoms with Crippen molar-refractivity contribution in [2.45, 2.75) is 46.3 Å². The molecule has 0 saturated carbocycles. The van der Waals surface area contributed by atoms with Gasteiger partial charge < -0.3 is 4.74 Å². The van der Waals surface area contributed by atoms with Crippen molar-refractivity contribution < 1.29 is 4.74 Å². The van der Waals surface area contributed by atoms with Crippen molar-refractivity contribution in [3.63, 3.8) is 0 Å². The molecule has 1 fully saturated rings. The molecule has 0 N–H and O–H groups in total. The molecule has 1 aliphatic heterocycles. The zero-order valence-electron chi connectivity index (χ0n) is 6.77. The van der Waals surface area contributed by atoms with E-state index in [1.165, 1.54) is 6.42 Å². The molecule has 0 aromatic carbocycles. The molecule has 1 saturated heterocycles. The van der Waals surface area contributed by atoms with Crippen LogP contribution in [0.1, 0.15) is 34.1 Å². The fourth-order valence-electron chi connectivity index (χ4n) is 1.21. The summed E-state index contributed by atoms with van der Waals surface area (Å²) >= 11 is 0. The average molecular weight is 128 g/mol. The van der Waals surface area contributed by atoms with E-state index >= 15 is 0 Å². The van der Waals surface area contributed by atoms with Crippen LogP contribution in [0.3, 0.4) is 0 Å². The largest absolute Gasteiger partial charge is 0.369 e. The van der Waals surface area contributed by atoms with Gasteiger partial charge in [-0.2, -0.15) is 0 Å². The molecule has 0 amide bonds. The van der Waals surface area contributed by atoms with E-state index in [9.17, 15) is 0 Å². The standard InChI is InChI=1S/C8H16O/c1-5-8(3,4)7-6(2)9-7/h6-7H,5H2,1-4H3. The SMILES string of the molecule is CCC(C)(C)C1OC1C. The Bertz CT molecular complexity index is 107. The third-order valence-corrected chi connectivity index (χ3v) is 2.39. The minimum atomic E-state index is 0.402. The van der Waals surface area contributed by atoms with Crippen molar-refractivity contribution in [3.05, 3.63) is 0 Å². The minimum Gasteiger partial charge on any atom is -0.369 e. The van der Waals surface area contributed by atoms with Crippen LogP contribution < -0.4 is 0 Å². The molecular formula is C8H16O. The van der Waals surface area contributed by atoms with Crippen LogP contribution in [0.5, 0.6) is 0 Å². The van der Waals surface area contributed by atoms with Gasteiger partial charge in [0.15, 0.2) is 0 Å². The molecule has 1 aliphatic rings. The van der Waals surface area contributed by atoms with E-state index < -0.39 is 0 Å². The van der Waals surface area contributed by atoms with Crippen LogP contribution in [-0.2, 0) is 4.74 Å². The summed E-state index contributed by atoms with van der Waals surface area (Å²) in [7, 11) is 0. The normalized spacial score (nSPS) is 34.7. The zero-order valence-corrected chi connectivity index (χ0v) is 6.77. The summed E-state index contributed by atoms with van der Waals surface area (Å²) in [5.74, 6) is 0. The van der Waals surface area contributed by atoms with E-state index in [0.717, 1.165) is 0 Å². The molecule has 0 aromatic heterocycles. The highest BCUT2D eigenvalue weighted by atomic mass is 16.6. The second-order valence-corrected chi connectivity index (χ2v) is 3.60. The van der Waals surface area contributed by atoms with Crippen LogP contribution in [0.15, 0.2) is 0 Å². The number of rotatable bonds is 2. The highest BCUT2D eigenvalue weighted by molar-refractivity contribution is 4.92. The number of hydrogen-bond acceptors (Lipinski definition) is 1. The summed E-state index contributed by atoms with van der Waals surface area (Å²) in [6, 6.07) is 0. The van der Waals surface area contributed by atoms with Crippen LogP contribution in [0, 0.1) is 5.41 Å². The van der Waals surface area contributed by atoms with Gasteiger partial charge in [0.2, 0.25) is 0 Å². The van der Waals surface area contributed by atoms with Crippen LogP contribution >= 0.6 is 0 Å². The van der Waals surface area contributed by atoms with Gasteiger partial charge in [-0.05, 0) is 18.8 Å². The smallest absolute Gasteiger partial charge is 0.0889 e. The molecule has 0 bridgehead atoms. The highest BCUT2D eigenvalue weighted by Gasteiger charge is 2.45. The Kier molecular flexibility index (Phi) is 1.55. The fraction of sp³-hybridized carbons (Fsp3) is 1.00. The maximum Gasteiger partial charge on any atom is 0.0889 e. The van der Waals surface area contributed by atoms with Crippen LogP contribution in [0.4, 0.5) is 0 Å². The van der Waals surface area contributed by atoms with E-state index in [1.807, 2.05) is 0 Å². The first-order valence-electron chi connectivity index (χ1n) is 3.73. The molecule has 1 nitrogen and oxygen atoms in total. The summed E-state index contributed by atoms with van der Waals surface area (Å²) in [6.07, 6.45) is 2.25. The third kappa shape index (κ3) is 1.26. The molecular weight excluding hydrogens is 112 g/mol. The van der Waals surface area contributed by atoms with Crippen molar-refractivity contribution in [2.75, 3.05) is 0 Å². The predicted molar refractivity (Wildman–Crippen MR) is 38.4 cm³/mol. The highest BCUT2D eigenvalue weighted by Crippen LogP contribution is 2.40. The van der Waals surface area contributed by atoms with Gasteiger partial charge in [0.25, 0.3) is 0 Å². The molecule has 9 heavy (non-hydrogen) atoms. The maximum absolute atomic E-state index is 5.37. The van der Waals surface area contributed by atoms with Gasteiger partial charge in [-0.3, -0.25) is 0 Å². The topological polar surface area (TPSA) is 12.5 Å². The number of ether oxygens (including phenoxy) is 1. The maximum atomic E-state index is 5.37. The van der Waals surface area contributed by atoms with Crippen LogP contribution in [0.25, 0.3) is 0 Å². The second-order valence-electron chi connectivity index (χ2n) is 3.60. The van der Waals surface area contributed by atoms with E-state index in [4.69, 9.17) is 4.74 Å².